The maximum atomic E-state index is 5.64. The zero-order valence-electron chi connectivity index (χ0n) is 11.3. The van der Waals surface area contributed by atoms with Crippen molar-refractivity contribution in [3.05, 3.63) is 42.1 Å². The Bertz CT molecular complexity index is 580. The van der Waals surface area contributed by atoms with Crippen LogP contribution >= 0.6 is 12.2 Å². The van der Waals surface area contributed by atoms with E-state index in [0.29, 0.717) is 17.6 Å². The molecule has 0 fully saturated rings. The zero-order chi connectivity index (χ0) is 13.8. The van der Waals surface area contributed by atoms with Crippen molar-refractivity contribution < 1.29 is 0 Å². The zero-order valence-corrected chi connectivity index (χ0v) is 12.2. The predicted molar refractivity (Wildman–Crippen MR) is 84.1 cm³/mol. The van der Waals surface area contributed by atoms with Gasteiger partial charge in [-0.05, 0) is 26.0 Å². The van der Waals surface area contributed by atoms with Crippen LogP contribution in [0.15, 0.2) is 36.4 Å². The van der Waals surface area contributed by atoms with Crippen LogP contribution in [0.3, 0.4) is 0 Å². The number of pyridine rings is 1. The van der Waals surface area contributed by atoms with Crippen molar-refractivity contribution >= 4 is 28.1 Å². The summed E-state index contributed by atoms with van der Waals surface area (Å²) in [6, 6.07) is 12.7. The largest absolute Gasteiger partial charge is 0.392 e. The van der Waals surface area contributed by atoms with E-state index in [1.807, 2.05) is 18.2 Å². The second-order valence-corrected chi connectivity index (χ2v) is 5.48. The number of fused-ring (bicyclic) bond motifs is 1. The Hall–Kier alpha value is -1.52. The van der Waals surface area contributed by atoms with Crippen molar-refractivity contribution in [2.24, 2.45) is 5.73 Å². The third kappa shape index (κ3) is 3.72. The van der Waals surface area contributed by atoms with E-state index >= 15 is 0 Å². The minimum atomic E-state index is 0.384. The molecule has 0 aliphatic rings. The summed E-state index contributed by atoms with van der Waals surface area (Å²) in [6.45, 7) is 5.67. The van der Waals surface area contributed by atoms with Crippen LogP contribution < -0.4 is 5.73 Å². The SMILES string of the molecule is CC(C)N(CC(N)=S)Cc1ccc2ccccc2n1. The lowest BCUT2D eigenvalue weighted by Gasteiger charge is -2.25. The first kappa shape index (κ1) is 13.9. The molecule has 0 aliphatic heterocycles. The normalized spacial score (nSPS) is 11.4. The minimum absolute atomic E-state index is 0.384. The van der Waals surface area contributed by atoms with Crippen LogP contribution in [-0.4, -0.2) is 27.5 Å². The number of hydrogen-bond donors (Lipinski definition) is 1. The third-order valence-electron chi connectivity index (χ3n) is 3.11. The maximum Gasteiger partial charge on any atom is 0.0870 e. The fourth-order valence-electron chi connectivity index (χ4n) is 2.03. The summed E-state index contributed by atoms with van der Waals surface area (Å²) in [4.78, 5) is 7.42. The number of benzene rings is 1. The van der Waals surface area contributed by atoms with Gasteiger partial charge in [0.1, 0.15) is 0 Å². The molecule has 0 saturated carbocycles. The molecule has 0 amide bonds. The van der Waals surface area contributed by atoms with Crippen molar-refractivity contribution in [2.45, 2.75) is 26.4 Å². The van der Waals surface area contributed by atoms with Crippen LogP contribution in [0, 0.1) is 0 Å². The van der Waals surface area contributed by atoms with Crippen LogP contribution in [0.2, 0.25) is 0 Å². The summed E-state index contributed by atoms with van der Waals surface area (Å²) < 4.78 is 0. The van der Waals surface area contributed by atoms with Crippen LogP contribution in [0.5, 0.6) is 0 Å². The second-order valence-electron chi connectivity index (χ2n) is 4.96. The molecule has 4 heteroatoms. The van der Waals surface area contributed by atoms with Crippen LogP contribution in [0.25, 0.3) is 10.9 Å². The average molecular weight is 273 g/mol. The van der Waals surface area contributed by atoms with Gasteiger partial charge in [-0.25, -0.2) is 0 Å². The molecule has 2 N–H and O–H groups in total. The standard InChI is InChI=1S/C15H19N3S/c1-11(2)18(10-15(16)19)9-13-8-7-12-5-3-4-6-14(12)17-13/h3-8,11H,9-10H2,1-2H3,(H2,16,19). The Kier molecular flexibility index (Phi) is 4.45. The first-order valence-electron chi connectivity index (χ1n) is 6.43. The van der Waals surface area contributed by atoms with Gasteiger partial charge in [0.25, 0.3) is 0 Å². The van der Waals surface area contributed by atoms with Gasteiger partial charge in [-0.1, -0.05) is 36.5 Å². The lowest BCUT2D eigenvalue weighted by molar-refractivity contribution is 0.243. The molecule has 3 nitrogen and oxygen atoms in total. The Balaban J connectivity index is 2.21. The summed E-state index contributed by atoms with van der Waals surface area (Å²) in [5, 5.41) is 1.16. The van der Waals surface area contributed by atoms with Crippen molar-refractivity contribution in [3.63, 3.8) is 0 Å². The number of hydrogen-bond acceptors (Lipinski definition) is 3. The van der Waals surface area contributed by atoms with E-state index in [2.05, 4.69) is 41.9 Å². The molecule has 2 rings (SSSR count). The Morgan fingerprint density at radius 2 is 2.00 bits per heavy atom. The molecule has 100 valence electrons. The molecule has 19 heavy (non-hydrogen) atoms. The van der Waals surface area contributed by atoms with Gasteiger partial charge in [0.05, 0.1) is 16.2 Å². The summed E-state index contributed by atoms with van der Waals surface area (Å²) in [6.07, 6.45) is 0. The smallest absolute Gasteiger partial charge is 0.0870 e. The topological polar surface area (TPSA) is 42.1 Å². The minimum Gasteiger partial charge on any atom is -0.392 e. The van der Waals surface area contributed by atoms with Crippen LogP contribution in [0.4, 0.5) is 0 Å². The number of para-hydroxylation sites is 1. The summed E-state index contributed by atoms with van der Waals surface area (Å²) in [5.74, 6) is 0. The van der Waals surface area contributed by atoms with Gasteiger partial charge in [0.15, 0.2) is 0 Å². The van der Waals surface area contributed by atoms with E-state index < -0.39 is 0 Å². The molecule has 0 atom stereocenters. The molecule has 0 radical (unpaired) electrons. The van der Waals surface area contributed by atoms with Crippen molar-refractivity contribution in [1.29, 1.82) is 0 Å². The van der Waals surface area contributed by atoms with Gasteiger partial charge >= 0.3 is 0 Å². The first-order valence-corrected chi connectivity index (χ1v) is 6.84. The van der Waals surface area contributed by atoms with Gasteiger partial charge < -0.3 is 5.73 Å². The van der Waals surface area contributed by atoms with Crippen LogP contribution in [0.1, 0.15) is 19.5 Å². The van der Waals surface area contributed by atoms with Gasteiger partial charge in [-0.15, -0.1) is 0 Å². The van der Waals surface area contributed by atoms with E-state index in [1.54, 1.807) is 0 Å². The van der Waals surface area contributed by atoms with E-state index in [1.165, 1.54) is 0 Å². The monoisotopic (exact) mass is 273 g/mol. The van der Waals surface area contributed by atoms with E-state index in [9.17, 15) is 0 Å². The number of rotatable bonds is 5. The molecule has 0 spiro atoms. The van der Waals surface area contributed by atoms with Gasteiger partial charge in [0, 0.05) is 24.5 Å². The molecular weight excluding hydrogens is 254 g/mol. The fourth-order valence-corrected chi connectivity index (χ4v) is 2.19. The number of thiocarbonyl (C=S) groups is 1. The number of aromatic nitrogens is 1. The highest BCUT2D eigenvalue weighted by Gasteiger charge is 2.12. The molecular formula is C15H19N3S. The third-order valence-corrected chi connectivity index (χ3v) is 3.24. The number of nitrogens with two attached hydrogens (primary N) is 1. The fraction of sp³-hybridized carbons (Fsp3) is 0.333. The van der Waals surface area contributed by atoms with Gasteiger partial charge in [0.2, 0.25) is 0 Å². The molecule has 1 aromatic carbocycles. The Labute approximate surface area is 119 Å². The summed E-state index contributed by atoms with van der Waals surface area (Å²) in [7, 11) is 0. The van der Waals surface area contributed by atoms with Crippen LogP contribution in [-0.2, 0) is 6.54 Å². The molecule has 1 heterocycles. The lowest BCUT2D eigenvalue weighted by Crippen LogP contribution is -2.37. The summed E-state index contributed by atoms with van der Waals surface area (Å²) >= 11 is 5.00. The summed E-state index contributed by atoms with van der Waals surface area (Å²) in [5.41, 5.74) is 7.72. The second kappa shape index (κ2) is 6.08. The molecule has 0 aliphatic carbocycles. The molecule has 0 saturated heterocycles. The van der Waals surface area contributed by atoms with E-state index in [-0.39, 0.29) is 0 Å². The Morgan fingerprint density at radius 1 is 1.26 bits per heavy atom. The predicted octanol–water partition coefficient (Wildman–Crippen LogP) is 2.73. The Morgan fingerprint density at radius 3 is 2.68 bits per heavy atom. The molecule has 0 bridgehead atoms. The highest BCUT2D eigenvalue weighted by molar-refractivity contribution is 7.80. The molecule has 0 unspecified atom stereocenters. The molecule has 1 aromatic heterocycles. The van der Waals surface area contributed by atoms with E-state index in [0.717, 1.165) is 23.1 Å². The van der Waals surface area contributed by atoms with Crippen molar-refractivity contribution in [1.82, 2.24) is 9.88 Å². The van der Waals surface area contributed by atoms with Gasteiger partial charge in [-0.3, -0.25) is 9.88 Å². The van der Waals surface area contributed by atoms with Gasteiger partial charge in [-0.2, -0.15) is 0 Å². The lowest BCUT2D eigenvalue weighted by atomic mass is 10.2. The van der Waals surface area contributed by atoms with Crippen molar-refractivity contribution in [3.8, 4) is 0 Å². The number of nitrogens with zero attached hydrogens (tertiary/aromatic N) is 2. The highest BCUT2D eigenvalue weighted by atomic mass is 32.1. The average Bonchev–Trinajstić information content (AvgIpc) is 2.37. The molecule has 2 aromatic rings. The van der Waals surface area contributed by atoms with E-state index in [4.69, 9.17) is 18.0 Å². The first-order chi connectivity index (χ1) is 9.06. The highest BCUT2D eigenvalue weighted by Crippen LogP contribution is 2.13. The maximum absolute atomic E-state index is 5.64. The van der Waals surface area contributed by atoms with Crippen molar-refractivity contribution in [2.75, 3.05) is 6.54 Å². The quantitative estimate of drug-likeness (QED) is 0.851.